The smallest absolute Gasteiger partial charge is 0.321 e. The van der Waals surface area contributed by atoms with E-state index in [1.54, 1.807) is 6.92 Å². The number of benzene rings is 1. The summed E-state index contributed by atoms with van der Waals surface area (Å²) in [6.45, 7) is 9.87. The van der Waals surface area contributed by atoms with Crippen molar-refractivity contribution in [1.82, 2.24) is 10.3 Å². The van der Waals surface area contributed by atoms with Crippen LogP contribution in [0.2, 0.25) is 0 Å². The highest BCUT2D eigenvalue weighted by Gasteiger charge is 2.26. The normalized spacial score (nSPS) is 14.4. The van der Waals surface area contributed by atoms with Crippen LogP contribution in [-0.4, -0.2) is 23.0 Å². The Hall–Kier alpha value is -2.41. The summed E-state index contributed by atoms with van der Waals surface area (Å²) in [6, 6.07) is 4.01. The van der Waals surface area contributed by atoms with Gasteiger partial charge in [0.15, 0.2) is 5.13 Å². The van der Waals surface area contributed by atoms with Gasteiger partial charge in [-0.3, -0.25) is 10.1 Å². The van der Waals surface area contributed by atoms with Gasteiger partial charge in [-0.15, -0.1) is 0 Å². The Bertz CT molecular complexity index is 895. The average Bonchev–Trinajstić information content (AvgIpc) is 3.38. The van der Waals surface area contributed by atoms with Crippen LogP contribution < -0.4 is 16.0 Å². The van der Waals surface area contributed by atoms with Crippen molar-refractivity contribution in [1.29, 1.82) is 0 Å². The number of nitrogens with one attached hydrogen (secondary N) is 3. The molecule has 0 radical (unpaired) electrons. The Morgan fingerprint density at radius 3 is 2.38 bits per heavy atom. The zero-order valence-electron chi connectivity index (χ0n) is 17.8. The molecule has 0 bridgehead atoms. The number of carbonyl (C=O) groups excluding carboxylic acids is 2. The van der Waals surface area contributed by atoms with Gasteiger partial charge in [0.2, 0.25) is 0 Å². The number of carbonyl (C=O) groups is 2. The van der Waals surface area contributed by atoms with Crippen molar-refractivity contribution in [2.45, 2.75) is 66.3 Å². The lowest BCUT2D eigenvalue weighted by Gasteiger charge is -2.16. The Morgan fingerprint density at radius 2 is 1.79 bits per heavy atom. The number of aromatic nitrogens is 1. The summed E-state index contributed by atoms with van der Waals surface area (Å²) >= 11 is 1.20. The number of aryl methyl sites for hydroxylation is 4. The van der Waals surface area contributed by atoms with Crippen LogP contribution in [0.4, 0.5) is 15.6 Å². The van der Waals surface area contributed by atoms with E-state index >= 15 is 0 Å². The molecule has 1 fully saturated rings. The fourth-order valence-electron chi connectivity index (χ4n) is 3.61. The minimum atomic E-state index is -0.261. The lowest BCUT2D eigenvalue weighted by molar-refractivity contribution is 0.102. The first kappa shape index (κ1) is 21.3. The Balaban J connectivity index is 1.64. The molecular formula is C22H30N4O2S. The molecular weight excluding hydrogens is 384 g/mol. The van der Waals surface area contributed by atoms with Crippen LogP contribution >= 0.6 is 11.3 Å². The summed E-state index contributed by atoms with van der Waals surface area (Å²) in [4.78, 5) is 30.0. The van der Waals surface area contributed by atoms with Gasteiger partial charge in [-0.05, 0) is 57.6 Å². The Kier molecular flexibility index (Phi) is 6.57. The SMILES string of the molecule is CCC(CC1CC1)NC(=O)Nc1nc(C)c(C(=O)Nc2c(C)cc(C)cc2C)s1. The van der Waals surface area contributed by atoms with Crippen molar-refractivity contribution in [3.63, 3.8) is 0 Å². The Labute approximate surface area is 176 Å². The maximum atomic E-state index is 12.8. The number of amides is 3. The number of nitrogens with zero attached hydrogens (tertiary/aromatic N) is 1. The van der Waals surface area contributed by atoms with E-state index < -0.39 is 0 Å². The lowest BCUT2D eigenvalue weighted by Crippen LogP contribution is -2.37. The fraction of sp³-hybridized carbons (Fsp3) is 0.500. The van der Waals surface area contributed by atoms with Crippen LogP contribution in [-0.2, 0) is 0 Å². The molecule has 3 N–H and O–H groups in total. The van der Waals surface area contributed by atoms with E-state index in [4.69, 9.17) is 0 Å². The second kappa shape index (κ2) is 8.95. The quantitative estimate of drug-likeness (QED) is 0.573. The molecule has 29 heavy (non-hydrogen) atoms. The number of hydrogen-bond donors (Lipinski definition) is 3. The predicted molar refractivity (Wildman–Crippen MR) is 119 cm³/mol. The molecule has 1 saturated carbocycles. The van der Waals surface area contributed by atoms with Crippen LogP contribution in [0.1, 0.15) is 64.7 Å². The van der Waals surface area contributed by atoms with Gasteiger partial charge in [0, 0.05) is 11.7 Å². The summed E-state index contributed by atoms with van der Waals surface area (Å²) in [5.41, 5.74) is 4.65. The molecule has 1 aromatic carbocycles. The third kappa shape index (κ3) is 5.56. The van der Waals surface area contributed by atoms with Gasteiger partial charge in [-0.1, -0.05) is 48.8 Å². The molecule has 7 heteroatoms. The molecule has 0 spiro atoms. The molecule has 6 nitrogen and oxygen atoms in total. The van der Waals surface area contributed by atoms with E-state index in [1.165, 1.54) is 24.2 Å². The summed E-state index contributed by atoms with van der Waals surface area (Å²) < 4.78 is 0. The number of rotatable bonds is 7. The van der Waals surface area contributed by atoms with Crippen molar-refractivity contribution >= 4 is 34.1 Å². The zero-order chi connectivity index (χ0) is 21.1. The molecule has 1 unspecified atom stereocenters. The van der Waals surface area contributed by atoms with Gasteiger partial charge in [-0.25, -0.2) is 9.78 Å². The summed E-state index contributed by atoms with van der Waals surface area (Å²) in [5.74, 6) is 0.551. The van der Waals surface area contributed by atoms with E-state index in [2.05, 4.69) is 27.9 Å². The maximum Gasteiger partial charge on any atom is 0.321 e. The van der Waals surface area contributed by atoms with Gasteiger partial charge in [0.05, 0.1) is 5.69 Å². The number of thiazole rings is 1. The van der Waals surface area contributed by atoms with Gasteiger partial charge < -0.3 is 10.6 Å². The molecule has 1 aliphatic carbocycles. The van der Waals surface area contributed by atoms with E-state index in [1.807, 2.05) is 32.9 Å². The van der Waals surface area contributed by atoms with Crippen LogP contribution in [0.25, 0.3) is 0 Å². The maximum absolute atomic E-state index is 12.8. The highest BCUT2D eigenvalue weighted by atomic mass is 32.1. The van der Waals surface area contributed by atoms with Crippen molar-refractivity contribution < 1.29 is 9.59 Å². The van der Waals surface area contributed by atoms with E-state index in [0.29, 0.717) is 15.7 Å². The number of hydrogen-bond acceptors (Lipinski definition) is 4. The molecule has 2 aromatic rings. The first-order valence-corrected chi connectivity index (χ1v) is 11.0. The fourth-order valence-corrected chi connectivity index (χ4v) is 4.47. The molecule has 1 aliphatic rings. The monoisotopic (exact) mass is 414 g/mol. The van der Waals surface area contributed by atoms with Gasteiger partial charge >= 0.3 is 6.03 Å². The van der Waals surface area contributed by atoms with Gasteiger partial charge in [0.25, 0.3) is 5.91 Å². The predicted octanol–water partition coefficient (Wildman–Crippen LogP) is 5.33. The zero-order valence-corrected chi connectivity index (χ0v) is 18.6. The summed E-state index contributed by atoms with van der Waals surface area (Å²) in [6.07, 6.45) is 4.47. The second-order valence-corrected chi connectivity index (χ2v) is 9.04. The molecule has 1 aromatic heterocycles. The van der Waals surface area contributed by atoms with Gasteiger partial charge in [-0.2, -0.15) is 0 Å². The highest BCUT2D eigenvalue weighted by molar-refractivity contribution is 7.17. The van der Waals surface area contributed by atoms with Crippen molar-refractivity contribution in [2.24, 2.45) is 5.92 Å². The topological polar surface area (TPSA) is 83.1 Å². The minimum Gasteiger partial charge on any atom is -0.335 e. The highest BCUT2D eigenvalue weighted by Crippen LogP contribution is 2.34. The van der Waals surface area contributed by atoms with Crippen LogP contribution in [0.15, 0.2) is 12.1 Å². The van der Waals surface area contributed by atoms with Crippen molar-refractivity contribution in [3.05, 3.63) is 39.4 Å². The average molecular weight is 415 g/mol. The first-order valence-electron chi connectivity index (χ1n) is 10.2. The second-order valence-electron chi connectivity index (χ2n) is 8.04. The molecule has 3 amide bonds. The largest absolute Gasteiger partial charge is 0.335 e. The minimum absolute atomic E-state index is 0.179. The Morgan fingerprint density at radius 1 is 1.14 bits per heavy atom. The standard InChI is InChI=1S/C22H30N4O2S/c1-6-17(11-16-7-8-16)24-21(28)26-22-23-15(5)19(29-22)20(27)25-18-13(3)9-12(2)10-14(18)4/h9-10,16-17H,6-8,11H2,1-5H3,(H,25,27)(H2,23,24,26,28). The van der Waals surface area contributed by atoms with Gasteiger partial charge in [0.1, 0.15) is 4.88 Å². The molecule has 0 aliphatic heterocycles. The van der Waals surface area contributed by atoms with Crippen LogP contribution in [0.3, 0.4) is 0 Å². The summed E-state index contributed by atoms with van der Waals surface area (Å²) in [5, 5.41) is 9.25. The number of anilines is 2. The molecule has 3 rings (SSSR count). The van der Waals surface area contributed by atoms with E-state index in [-0.39, 0.29) is 18.0 Å². The lowest BCUT2D eigenvalue weighted by atomic mass is 10.1. The molecule has 1 heterocycles. The molecule has 156 valence electrons. The molecule has 0 saturated heterocycles. The van der Waals surface area contributed by atoms with E-state index in [0.717, 1.165) is 41.1 Å². The van der Waals surface area contributed by atoms with Crippen molar-refractivity contribution in [3.8, 4) is 0 Å². The van der Waals surface area contributed by atoms with Crippen LogP contribution in [0.5, 0.6) is 0 Å². The first-order chi connectivity index (χ1) is 13.8. The molecule has 1 atom stereocenters. The number of urea groups is 1. The van der Waals surface area contributed by atoms with Crippen molar-refractivity contribution in [2.75, 3.05) is 10.6 Å². The van der Waals surface area contributed by atoms with E-state index in [9.17, 15) is 9.59 Å². The van der Waals surface area contributed by atoms with Crippen LogP contribution in [0, 0.1) is 33.6 Å². The third-order valence-corrected chi connectivity index (χ3v) is 6.35. The third-order valence-electron chi connectivity index (χ3n) is 5.28. The summed E-state index contributed by atoms with van der Waals surface area (Å²) in [7, 11) is 0.